The first-order valence-corrected chi connectivity index (χ1v) is 6.59. The van der Waals surface area contributed by atoms with Crippen LogP contribution in [0.3, 0.4) is 0 Å². The summed E-state index contributed by atoms with van der Waals surface area (Å²) >= 11 is 3.24. The molecule has 0 aliphatic carbocycles. The molecule has 0 aromatic carbocycles. The number of aromatic amines is 1. The molecule has 2 rings (SSSR count). The van der Waals surface area contributed by atoms with Crippen molar-refractivity contribution in [2.45, 2.75) is 12.3 Å². The summed E-state index contributed by atoms with van der Waals surface area (Å²) < 4.78 is 23.1. The van der Waals surface area contributed by atoms with Gasteiger partial charge in [-0.2, -0.15) is 0 Å². The summed E-state index contributed by atoms with van der Waals surface area (Å²) in [6.07, 6.45) is 2.34. The number of imidazole rings is 1. The zero-order chi connectivity index (χ0) is 9.47. The van der Waals surface area contributed by atoms with Crippen molar-refractivity contribution in [3.8, 4) is 0 Å². The number of H-pyrrole nitrogens is 1. The molecule has 1 aromatic rings. The van der Waals surface area contributed by atoms with Crippen molar-refractivity contribution in [2.24, 2.45) is 0 Å². The quantitative estimate of drug-likeness (QED) is 0.826. The number of rotatable bonds is 1. The molecule has 1 aliphatic rings. The fourth-order valence-corrected chi connectivity index (χ4v) is 3.58. The fourth-order valence-electron chi connectivity index (χ4n) is 1.53. The molecule has 1 aromatic heterocycles. The lowest BCUT2D eigenvalue weighted by atomic mass is 10.1. The zero-order valence-electron chi connectivity index (χ0n) is 6.83. The summed E-state index contributed by atoms with van der Waals surface area (Å²) in [4.78, 5) is 7.09. The highest BCUT2D eigenvalue weighted by Gasteiger charge is 2.30. The number of aromatic nitrogens is 2. The van der Waals surface area contributed by atoms with Crippen LogP contribution in [-0.2, 0) is 9.84 Å². The van der Waals surface area contributed by atoms with Crippen LogP contribution in [-0.4, -0.2) is 29.9 Å². The van der Waals surface area contributed by atoms with E-state index in [0.717, 1.165) is 10.4 Å². The average Bonchev–Trinajstić information content (AvgIpc) is 2.56. The van der Waals surface area contributed by atoms with E-state index in [1.165, 1.54) is 0 Å². The minimum atomic E-state index is -2.81. The largest absolute Gasteiger partial charge is 0.336 e. The number of hydrogen-bond acceptors (Lipinski definition) is 3. The summed E-state index contributed by atoms with van der Waals surface area (Å²) in [6.45, 7) is 0. The van der Waals surface area contributed by atoms with Crippen LogP contribution in [0.4, 0.5) is 0 Å². The van der Waals surface area contributed by atoms with Crippen LogP contribution in [0, 0.1) is 0 Å². The summed E-state index contributed by atoms with van der Waals surface area (Å²) in [5.74, 6) is 1.34. The average molecular weight is 265 g/mol. The van der Waals surface area contributed by atoms with Gasteiger partial charge in [-0.1, -0.05) is 0 Å². The van der Waals surface area contributed by atoms with Gasteiger partial charge in [-0.15, -0.1) is 0 Å². The maximum absolute atomic E-state index is 11.2. The minimum absolute atomic E-state index is 0.0521. The molecule has 1 saturated heterocycles. The molecule has 1 fully saturated rings. The highest BCUT2D eigenvalue weighted by molar-refractivity contribution is 9.10. The van der Waals surface area contributed by atoms with Crippen molar-refractivity contribution in [1.29, 1.82) is 0 Å². The Balaban J connectivity index is 2.21. The van der Waals surface area contributed by atoms with Crippen LogP contribution in [0.15, 0.2) is 10.8 Å². The summed E-state index contributed by atoms with van der Waals surface area (Å²) in [7, 11) is -2.81. The Kier molecular flexibility index (Phi) is 2.19. The van der Waals surface area contributed by atoms with Crippen LogP contribution in [0.1, 0.15) is 18.2 Å². The molecule has 1 atom stereocenters. The van der Waals surface area contributed by atoms with Crippen molar-refractivity contribution < 1.29 is 8.42 Å². The fraction of sp³-hybridized carbons (Fsp3) is 0.571. The van der Waals surface area contributed by atoms with E-state index in [9.17, 15) is 8.42 Å². The van der Waals surface area contributed by atoms with Gasteiger partial charge in [0.25, 0.3) is 0 Å². The number of hydrogen-bond donors (Lipinski definition) is 1. The third-order valence-corrected chi connectivity index (χ3v) is 4.35. The molecule has 1 aliphatic heterocycles. The van der Waals surface area contributed by atoms with Gasteiger partial charge in [0.2, 0.25) is 0 Å². The van der Waals surface area contributed by atoms with Crippen molar-refractivity contribution >= 4 is 25.8 Å². The highest BCUT2D eigenvalue weighted by Crippen LogP contribution is 2.27. The maximum Gasteiger partial charge on any atom is 0.151 e. The zero-order valence-corrected chi connectivity index (χ0v) is 9.23. The lowest BCUT2D eigenvalue weighted by Gasteiger charge is -2.01. The van der Waals surface area contributed by atoms with Gasteiger partial charge >= 0.3 is 0 Å². The molecule has 1 N–H and O–H groups in total. The Bertz CT molecular complexity index is 412. The molecule has 0 radical (unpaired) electrons. The van der Waals surface area contributed by atoms with Gasteiger partial charge in [-0.3, -0.25) is 0 Å². The summed E-state index contributed by atoms with van der Waals surface area (Å²) in [5.41, 5.74) is 0. The first-order valence-electron chi connectivity index (χ1n) is 3.98. The van der Waals surface area contributed by atoms with E-state index in [0.29, 0.717) is 6.42 Å². The van der Waals surface area contributed by atoms with Gasteiger partial charge in [0, 0.05) is 5.92 Å². The Morgan fingerprint density at radius 3 is 2.85 bits per heavy atom. The van der Waals surface area contributed by atoms with E-state index in [-0.39, 0.29) is 17.4 Å². The van der Waals surface area contributed by atoms with Crippen LogP contribution >= 0.6 is 15.9 Å². The van der Waals surface area contributed by atoms with Crippen LogP contribution in [0.2, 0.25) is 0 Å². The normalized spacial score (nSPS) is 26.4. The van der Waals surface area contributed by atoms with Crippen molar-refractivity contribution in [3.63, 3.8) is 0 Å². The molecule has 13 heavy (non-hydrogen) atoms. The number of sulfone groups is 1. The summed E-state index contributed by atoms with van der Waals surface area (Å²) in [6, 6.07) is 0. The third-order valence-electron chi connectivity index (χ3n) is 2.18. The molecular formula is C7H9BrN2O2S. The molecule has 1 unspecified atom stereocenters. The predicted molar refractivity (Wildman–Crippen MR) is 52.3 cm³/mol. The Morgan fingerprint density at radius 2 is 2.38 bits per heavy atom. The van der Waals surface area contributed by atoms with Crippen molar-refractivity contribution in [1.82, 2.24) is 9.97 Å². The first-order chi connectivity index (χ1) is 6.07. The molecule has 0 amide bonds. The third kappa shape index (κ3) is 1.94. The molecular weight excluding hydrogens is 256 g/mol. The molecule has 0 bridgehead atoms. The SMILES string of the molecule is O=S1(=O)CCC(c2ncc(Br)[nH]2)C1. The van der Waals surface area contributed by atoms with E-state index >= 15 is 0 Å². The van der Waals surface area contributed by atoms with E-state index < -0.39 is 9.84 Å². The molecule has 0 saturated carbocycles. The van der Waals surface area contributed by atoms with Gasteiger partial charge in [0.05, 0.1) is 17.7 Å². The molecule has 6 heteroatoms. The first kappa shape index (κ1) is 9.21. The monoisotopic (exact) mass is 264 g/mol. The maximum atomic E-state index is 11.2. The number of nitrogens with one attached hydrogen (secondary N) is 1. The van der Waals surface area contributed by atoms with Crippen LogP contribution in [0.25, 0.3) is 0 Å². The lowest BCUT2D eigenvalue weighted by molar-refractivity contribution is 0.601. The second-order valence-electron chi connectivity index (χ2n) is 3.22. The minimum Gasteiger partial charge on any atom is -0.336 e. The van der Waals surface area contributed by atoms with E-state index in [1.807, 2.05) is 0 Å². The molecule has 0 spiro atoms. The number of nitrogens with zero attached hydrogens (tertiary/aromatic N) is 1. The van der Waals surface area contributed by atoms with Crippen molar-refractivity contribution in [3.05, 3.63) is 16.6 Å². The Morgan fingerprint density at radius 1 is 1.62 bits per heavy atom. The molecule has 72 valence electrons. The van der Waals surface area contributed by atoms with Crippen molar-refractivity contribution in [2.75, 3.05) is 11.5 Å². The number of halogens is 1. The lowest BCUT2D eigenvalue weighted by Crippen LogP contribution is -2.04. The van der Waals surface area contributed by atoms with E-state index in [2.05, 4.69) is 25.9 Å². The molecule has 4 nitrogen and oxygen atoms in total. The highest BCUT2D eigenvalue weighted by atomic mass is 79.9. The van der Waals surface area contributed by atoms with E-state index in [4.69, 9.17) is 0 Å². The van der Waals surface area contributed by atoms with E-state index in [1.54, 1.807) is 6.20 Å². The van der Waals surface area contributed by atoms with Gasteiger partial charge in [-0.05, 0) is 22.4 Å². The predicted octanol–water partition coefficient (Wildman–Crippen LogP) is 1.07. The summed E-state index contributed by atoms with van der Waals surface area (Å²) in [5, 5.41) is 0. The second-order valence-corrected chi connectivity index (χ2v) is 6.30. The van der Waals surface area contributed by atoms with Gasteiger partial charge in [0.15, 0.2) is 9.84 Å². The second kappa shape index (κ2) is 3.09. The molecule has 2 heterocycles. The van der Waals surface area contributed by atoms with Gasteiger partial charge in [0.1, 0.15) is 10.4 Å². The van der Waals surface area contributed by atoms with Gasteiger partial charge in [-0.25, -0.2) is 13.4 Å². The standard InChI is InChI=1S/C7H9BrN2O2S/c8-6-3-9-7(10-6)5-1-2-13(11,12)4-5/h3,5H,1-2,4H2,(H,9,10). The van der Waals surface area contributed by atoms with Gasteiger partial charge < -0.3 is 4.98 Å². The topological polar surface area (TPSA) is 62.8 Å². The van der Waals surface area contributed by atoms with Crippen LogP contribution in [0.5, 0.6) is 0 Å². The smallest absolute Gasteiger partial charge is 0.151 e. The van der Waals surface area contributed by atoms with Crippen LogP contribution < -0.4 is 0 Å². The Labute approximate surface area is 84.8 Å². The Hall–Kier alpha value is -0.360.